The third-order valence-electron chi connectivity index (χ3n) is 2.45. The van der Waals surface area contributed by atoms with Crippen LogP contribution in [0.2, 0.25) is 0 Å². The van der Waals surface area contributed by atoms with Gasteiger partial charge in [0.25, 0.3) is 0 Å². The summed E-state index contributed by atoms with van der Waals surface area (Å²) in [6, 6.07) is 3.49. The Morgan fingerprint density at radius 3 is 2.70 bits per heavy atom. The van der Waals surface area contributed by atoms with E-state index in [1.807, 2.05) is 0 Å². The third-order valence-corrected chi connectivity index (χ3v) is 3.14. The zero-order valence-corrected chi connectivity index (χ0v) is 11.3. The second-order valence-corrected chi connectivity index (χ2v) is 4.72. The van der Waals surface area contributed by atoms with Crippen LogP contribution in [0.25, 0.3) is 5.69 Å². The highest BCUT2D eigenvalue weighted by molar-refractivity contribution is 9.10. The molecule has 0 aliphatic carbocycles. The number of alkyl halides is 3. The number of aromatic nitrogens is 3. The Kier molecular flexibility index (Phi) is 3.80. The summed E-state index contributed by atoms with van der Waals surface area (Å²) in [7, 11) is 0. The van der Waals surface area contributed by atoms with Crippen LogP contribution in [0.4, 0.5) is 13.2 Å². The second kappa shape index (κ2) is 5.23. The van der Waals surface area contributed by atoms with Gasteiger partial charge in [-0.1, -0.05) is 21.1 Å². The van der Waals surface area contributed by atoms with E-state index in [2.05, 4.69) is 26.2 Å². The third kappa shape index (κ3) is 2.98. The Labute approximate surface area is 119 Å². The van der Waals surface area contributed by atoms with Crippen molar-refractivity contribution in [3.63, 3.8) is 0 Å². The highest BCUT2D eigenvalue weighted by Gasteiger charge is 2.33. The quantitative estimate of drug-likeness (QED) is 0.924. The summed E-state index contributed by atoms with van der Waals surface area (Å²) < 4.78 is 39.4. The number of benzene rings is 1. The lowest BCUT2D eigenvalue weighted by molar-refractivity contribution is -0.138. The van der Waals surface area contributed by atoms with Crippen LogP contribution in [0.3, 0.4) is 0 Å². The minimum atomic E-state index is -4.53. The van der Waals surface area contributed by atoms with Gasteiger partial charge in [0.2, 0.25) is 0 Å². The highest BCUT2D eigenvalue weighted by atomic mass is 79.9. The fraction of sp³-hybridized carbons (Fsp3) is 0.182. The van der Waals surface area contributed by atoms with Gasteiger partial charge >= 0.3 is 12.1 Å². The van der Waals surface area contributed by atoms with Crippen LogP contribution >= 0.6 is 15.9 Å². The number of aliphatic carboxylic acids is 1. The van der Waals surface area contributed by atoms with Gasteiger partial charge in [0, 0.05) is 4.47 Å². The molecule has 0 saturated carbocycles. The molecule has 106 valence electrons. The first-order chi connectivity index (χ1) is 9.29. The Morgan fingerprint density at radius 1 is 1.40 bits per heavy atom. The maximum Gasteiger partial charge on any atom is 0.417 e. The first kappa shape index (κ1) is 14.5. The number of nitrogens with zero attached hydrogens (tertiary/aromatic N) is 3. The molecule has 1 N–H and O–H groups in total. The Bertz CT molecular complexity index is 655. The summed E-state index contributed by atoms with van der Waals surface area (Å²) in [6.07, 6.45) is -3.71. The monoisotopic (exact) mass is 349 g/mol. The molecule has 1 aromatic carbocycles. The van der Waals surface area contributed by atoms with E-state index in [0.717, 1.165) is 10.7 Å². The van der Waals surface area contributed by atoms with E-state index in [1.54, 1.807) is 0 Å². The molecule has 0 radical (unpaired) electrons. The Hall–Kier alpha value is -1.90. The SMILES string of the molecule is O=C(O)Cc1cnnn1-c1ccc(Br)c(C(F)(F)F)c1. The first-order valence-electron chi connectivity index (χ1n) is 5.27. The minimum absolute atomic E-state index is 0.0919. The zero-order valence-electron chi connectivity index (χ0n) is 9.73. The van der Waals surface area contributed by atoms with Gasteiger partial charge in [-0.2, -0.15) is 13.2 Å². The topological polar surface area (TPSA) is 68.0 Å². The summed E-state index contributed by atoms with van der Waals surface area (Å²) in [5.74, 6) is -1.12. The second-order valence-electron chi connectivity index (χ2n) is 3.87. The van der Waals surface area contributed by atoms with Gasteiger partial charge < -0.3 is 5.11 Å². The van der Waals surface area contributed by atoms with Gasteiger partial charge in [-0.25, -0.2) is 4.68 Å². The largest absolute Gasteiger partial charge is 0.481 e. The van der Waals surface area contributed by atoms with Crippen molar-refractivity contribution in [1.82, 2.24) is 15.0 Å². The smallest absolute Gasteiger partial charge is 0.417 e. The molecule has 5 nitrogen and oxygen atoms in total. The highest BCUT2D eigenvalue weighted by Crippen LogP contribution is 2.36. The summed E-state index contributed by atoms with van der Waals surface area (Å²) in [5.41, 5.74) is -0.589. The lowest BCUT2D eigenvalue weighted by Crippen LogP contribution is -2.11. The first-order valence-corrected chi connectivity index (χ1v) is 6.07. The number of halogens is 4. The predicted octanol–water partition coefficient (Wildman–Crippen LogP) is 2.68. The van der Waals surface area contributed by atoms with Crippen molar-refractivity contribution < 1.29 is 23.1 Å². The molecule has 2 rings (SSSR count). The maximum absolute atomic E-state index is 12.8. The summed E-state index contributed by atoms with van der Waals surface area (Å²) in [6.45, 7) is 0. The van der Waals surface area contributed by atoms with Gasteiger partial charge in [-0.15, -0.1) is 5.10 Å². The molecule has 0 spiro atoms. The Morgan fingerprint density at radius 2 is 2.10 bits per heavy atom. The summed E-state index contributed by atoms with van der Waals surface area (Å²) in [4.78, 5) is 10.7. The number of hydrogen-bond acceptors (Lipinski definition) is 3. The van der Waals surface area contributed by atoms with Crippen LogP contribution in [0, 0.1) is 0 Å². The van der Waals surface area contributed by atoms with E-state index in [0.29, 0.717) is 0 Å². The molecule has 9 heteroatoms. The summed E-state index contributed by atoms with van der Waals surface area (Å²) in [5, 5.41) is 15.9. The maximum atomic E-state index is 12.8. The molecule has 0 bridgehead atoms. The molecule has 0 saturated heterocycles. The normalized spacial score (nSPS) is 11.6. The van der Waals surface area contributed by atoms with Crippen molar-refractivity contribution in [2.75, 3.05) is 0 Å². The van der Waals surface area contributed by atoms with E-state index < -0.39 is 17.7 Å². The van der Waals surface area contributed by atoms with Gasteiger partial charge in [0.1, 0.15) is 0 Å². The van der Waals surface area contributed by atoms with Gasteiger partial charge in [-0.3, -0.25) is 4.79 Å². The van der Waals surface area contributed by atoms with E-state index in [9.17, 15) is 18.0 Å². The van der Waals surface area contributed by atoms with Gasteiger partial charge in [0.05, 0.1) is 29.6 Å². The molecule has 0 amide bonds. The Balaban J connectivity index is 2.49. The molecule has 0 aliphatic rings. The van der Waals surface area contributed by atoms with Gasteiger partial charge in [-0.05, 0) is 18.2 Å². The fourth-order valence-electron chi connectivity index (χ4n) is 1.61. The van der Waals surface area contributed by atoms with E-state index in [4.69, 9.17) is 5.11 Å². The number of carbonyl (C=O) groups is 1. The molecule has 1 heterocycles. The average molecular weight is 350 g/mol. The standard InChI is InChI=1S/C11H7BrF3N3O2/c12-9-2-1-6(3-8(9)11(13,14)15)18-7(4-10(19)20)5-16-17-18/h1-3,5H,4H2,(H,19,20). The number of carboxylic acids is 1. The van der Waals surface area contributed by atoms with Crippen LogP contribution < -0.4 is 0 Å². The lowest BCUT2D eigenvalue weighted by atomic mass is 10.2. The molecular weight excluding hydrogens is 343 g/mol. The molecule has 0 atom stereocenters. The molecular formula is C11H7BrF3N3O2. The van der Waals surface area contributed by atoms with E-state index in [1.165, 1.54) is 18.3 Å². The molecule has 0 aliphatic heterocycles. The number of hydrogen-bond donors (Lipinski definition) is 1. The van der Waals surface area contributed by atoms with E-state index in [-0.39, 0.29) is 22.3 Å². The van der Waals surface area contributed by atoms with Crippen LogP contribution in [-0.2, 0) is 17.4 Å². The van der Waals surface area contributed by atoms with Crippen molar-refractivity contribution >= 4 is 21.9 Å². The number of carboxylic acid groups (broad SMARTS) is 1. The molecule has 0 unspecified atom stereocenters. The van der Waals surface area contributed by atoms with Crippen molar-refractivity contribution in [3.8, 4) is 5.69 Å². The van der Waals surface area contributed by atoms with Crippen molar-refractivity contribution in [2.24, 2.45) is 0 Å². The van der Waals surface area contributed by atoms with Crippen molar-refractivity contribution in [3.05, 3.63) is 40.1 Å². The van der Waals surface area contributed by atoms with Crippen molar-refractivity contribution in [2.45, 2.75) is 12.6 Å². The molecule has 20 heavy (non-hydrogen) atoms. The molecule has 1 aromatic heterocycles. The molecule has 2 aromatic rings. The zero-order chi connectivity index (χ0) is 14.9. The van der Waals surface area contributed by atoms with Gasteiger partial charge in [0.15, 0.2) is 0 Å². The lowest BCUT2D eigenvalue weighted by Gasteiger charge is -2.11. The van der Waals surface area contributed by atoms with Crippen molar-refractivity contribution in [1.29, 1.82) is 0 Å². The molecule has 0 fully saturated rings. The van der Waals surface area contributed by atoms with Crippen LogP contribution in [0.5, 0.6) is 0 Å². The fourth-order valence-corrected chi connectivity index (χ4v) is 2.08. The minimum Gasteiger partial charge on any atom is -0.481 e. The van der Waals surface area contributed by atoms with E-state index >= 15 is 0 Å². The predicted molar refractivity (Wildman–Crippen MR) is 65.4 cm³/mol. The van der Waals surface area contributed by atoms with Crippen LogP contribution in [0.1, 0.15) is 11.3 Å². The summed E-state index contributed by atoms with van der Waals surface area (Å²) >= 11 is 2.83. The van der Waals surface area contributed by atoms with Crippen LogP contribution in [0.15, 0.2) is 28.9 Å². The van der Waals surface area contributed by atoms with Crippen LogP contribution in [-0.4, -0.2) is 26.1 Å². The average Bonchev–Trinajstić information content (AvgIpc) is 2.75. The number of rotatable bonds is 3.